The summed E-state index contributed by atoms with van der Waals surface area (Å²) in [6.07, 6.45) is 1.29. The van der Waals surface area contributed by atoms with E-state index in [9.17, 15) is 9.59 Å². The second kappa shape index (κ2) is 4.45. The summed E-state index contributed by atoms with van der Waals surface area (Å²) < 4.78 is 0. The molecule has 0 atom stereocenters. The number of para-hydroxylation sites is 1. The molecule has 1 aromatic heterocycles. The summed E-state index contributed by atoms with van der Waals surface area (Å²) in [6.45, 7) is 0. The maximum absolute atomic E-state index is 10.6. The third kappa shape index (κ3) is 1.81. The van der Waals surface area contributed by atoms with E-state index in [-0.39, 0.29) is 0 Å². The minimum atomic E-state index is 0.642. The smallest absolute Gasteiger partial charge is 0.211 e. The van der Waals surface area contributed by atoms with E-state index in [2.05, 4.69) is 15.6 Å². The van der Waals surface area contributed by atoms with Gasteiger partial charge in [0.2, 0.25) is 12.8 Å². The molecule has 0 spiro atoms. The second-order valence-electron chi connectivity index (χ2n) is 4.14. The van der Waals surface area contributed by atoms with E-state index in [0.717, 1.165) is 33.2 Å². The topological polar surface area (TPSA) is 74.0 Å². The second-order valence-corrected chi connectivity index (χ2v) is 4.14. The van der Waals surface area contributed by atoms with Crippen LogP contribution in [0.1, 0.15) is 0 Å². The van der Waals surface area contributed by atoms with E-state index in [0.29, 0.717) is 12.8 Å². The number of rotatable bonds is 4. The van der Waals surface area contributed by atoms with Crippen molar-refractivity contribution >= 4 is 46.0 Å². The number of hydrogen-bond acceptors (Lipinski definition) is 2. The van der Waals surface area contributed by atoms with Gasteiger partial charge in [0.25, 0.3) is 0 Å². The molecule has 3 rings (SSSR count). The van der Waals surface area contributed by atoms with E-state index in [1.165, 1.54) is 0 Å². The average Bonchev–Trinajstić information content (AvgIpc) is 2.78. The van der Waals surface area contributed by atoms with Crippen LogP contribution in [0.3, 0.4) is 0 Å². The zero-order valence-electron chi connectivity index (χ0n) is 9.94. The molecule has 0 saturated carbocycles. The number of aromatic amines is 1. The van der Waals surface area contributed by atoms with Crippen molar-refractivity contribution in [3.8, 4) is 0 Å². The first-order valence-electron chi connectivity index (χ1n) is 5.78. The number of benzene rings is 2. The molecule has 0 aliphatic heterocycles. The molecule has 5 heteroatoms. The highest BCUT2D eigenvalue weighted by Gasteiger charge is 2.07. The standard InChI is InChI=1S/C14H11N3O2/c18-7-15-9-4-5-10-11-2-1-3-12(16-8-19)14(11)17-13(10)6-9/h1-8,17H,(H,15,18)(H,16,19). The average molecular weight is 253 g/mol. The predicted octanol–water partition coefficient (Wildman–Crippen LogP) is 2.46. The SMILES string of the molecule is O=CNc1ccc2c(c1)[nH]c1c(NC=O)cccc12. The molecule has 0 unspecified atom stereocenters. The molecule has 19 heavy (non-hydrogen) atoms. The normalized spacial score (nSPS) is 10.5. The Morgan fingerprint density at radius 3 is 2.58 bits per heavy atom. The monoisotopic (exact) mass is 253 g/mol. The lowest BCUT2D eigenvalue weighted by atomic mass is 10.1. The Hall–Kier alpha value is -2.82. The van der Waals surface area contributed by atoms with Crippen LogP contribution in [0.2, 0.25) is 0 Å². The van der Waals surface area contributed by atoms with Crippen LogP contribution in [0.5, 0.6) is 0 Å². The molecule has 0 aliphatic rings. The van der Waals surface area contributed by atoms with Crippen LogP contribution in [0.15, 0.2) is 36.4 Å². The molecular formula is C14H11N3O2. The van der Waals surface area contributed by atoms with Crippen molar-refractivity contribution in [2.75, 3.05) is 10.6 Å². The maximum Gasteiger partial charge on any atom is 0.211 e. The number of amides is 2. The van der Waals surface area contributed by atoms with E-state index in [1.54, 1.807) is 0 Å². The number of carbonyl (C=O) groups excluding carboxylic acids is 2. The third-order valence-electron chi connectivity index (χ3n) is 3.07. The molecular weight excluding hydrogens is 242 g/mol. The Morgan fingerprint density at radius 2 is 1.79 bits per heavy atom. The van der Waals surface area contributed by atoms with E-state index in [1.807, 2.05) is 36.4 Å². The van der Waals surface area contributed by atoms with Gasteiger partial charge in [-0.15, -0.1) is 0 Å². The fourth-order valence-corrected chi connectivity index (χ4v) is 2.27. The third-order valence-corrected chi connectivity index (χ3v) is 3.07. The van der Waals surface area contributed by atoms with Crippen LogP contribution in [-0.4, -0.2) is 17.8 Å². The van der Waals surface area contributed by atoms with Crippen LogP contribution in [0.25, 0.3) is 21.8 Å². The number of carbonyl (C=O) groups is 2. The molecule has 0 saturated heterocycles. The van der Waals surface area contributed by atoms with Crippen molar-refractivity contribution in [3.63, 3.8) is 0 Å². The van der Waals surface area contributed by atoms with Gasteiger partial charge in [0.15, 0.2) is 0 Å². The van der Waals surface area contributed by atoms with E-state index in [4.69, 9.17) is 0 Å². The largest absolute Gasteiger partial charge is 0.353 e. The van der Waals surface area contributed by atoms with Gasteiger partial charge in [-0.05, 0) is 18.2 Å². The highest BCUT2D eigenvalue weighted by molar-refractivity contribution is 6.12. The minimum absolute atomic E-state index is 0.642. The summed E-state index contributed by atoms with van der Waals surface area (Å²) in [4.78, 5) is 24.3. The first-order valence-corrected chi connectivity index (χ1v) is 5.78. The van der Waals surface area contributed by atoms with Gasteiger partial charge < -0.3 is 15.6 Å². The fraction of sp³-hybridized carbons (Fsp3) is 0. The molecule has 3 N–H and O–H groups in total. The van der Waals surface area contributed by atoms with E-state index >= 15 is 0 Å². The van der Waals surface area contributed by atoms with Crippen LogP contribution >= 0.6 is 0 Å². The predicted molar refractivity (Wildman–Crippen MR) is 75.2 cm³/mol. The summed E-state index contributed by atoms with van der Waals surface area (Å²) in [7, 11) is 0. The van der Waals surface area contributed by atoms with Gasteiger partial charge in [-0.2, -0.15) is 0 Å². The van der Waals surface area contributed by atoms with Crippen LogP contribution in [-0.2, 0) is 9.59 Å². The Morgan fingerprint density at radius 1 is 0.947 bits per heavy atom. The van der Waals surface area contributed by atoms with Gasteiger partial charge in [0.1, 0.15) is 0 Å². The van der Waals surface area contributed by atoms with Crippen molar-refractivity contribution in [1.82, 2.24) is 4.98 Å². The Balaban J connectivity index is 2.27. The van der Waals surface area contributed by atoms with Gasteiger partial charge in [-0.3, -0.25) is 9.59 Å². The number of fused-ring (bicyclic) bond motifs is 3. The maximum atomic E-state index is 10.6. The Kier molecular flexibility index (Phi) is 2.64. The Labute approximate surface area is 108 Å². The summed E-state index contributed by atoms with van der Waals surface area (Å²) in [6, 6.07) is 11.3. The number of hydrogen-bond donors (Lipinski definition) is 3. The summed E-state index contributed by atoms with van der Waals surface area (Å²) in [5.41, 5.74) is 3.22. The van der Waals surface area contributed by atoms with Gasteiger partial charge in [-0.1, -0.05) is 18.2 Å². The van der Waals surface area contributed by atoms with Crippen LogP contribution in [0.4, 0.5) is 11.4 Å². The molecule has 2 aromatic carbocycles. The molecule has 3 aromatic rings. The molecule has 94 valence electrons. The van der Waals surface area contributed by atoms with Gasteiger partial charge in [0.05, 0.1) is 11.2 Å². The van der Waals surface area contributed by atoms with Crippen LogP contribution in [0, 0.1) is 0 Å². The van der Waals surface area contributed by atoms with Crippen molar-refractivity contribution in [1.29, 1.82) is 0 Å². The van der Waals surface area contributed by atoms with Crippen molar-refractivity contribution in [3.05, 3.63) is 36.4 Å². The highest BCUT2D eigenvalue weighted by Crippen LogP contribution is 2.31. The van der Waals surface area contributed by atoms with Gasteiger partial charge in [-0.25, -0.2) is 0 Å². The lowest BCUT2D eigenvalue weighted by molar-refractivity contribution is -0.106. The van der Waals surface area contributed by atoms with Crippen molar-refractivity contribution < 1.29 is 9.59 Å². The molecule has 0 radical (unpaired) electrons. The van der Waals surface area contributed by atoms with Crippen molar-refractivity contribution in [2.24, 2.45) is 0 Å². The molecule has 0 fully saturated rings. The summed E-state index contributed by atoms with van der Waals surface area (Å²) in [5.74, 6) is 0. The number of anilines is 2. The zero-order chi connectivity index (χ0) is 13.2. The highest BCUT2D eigenvalue weighted by atomic mass is 16.1. The minimum Gasteiger partial charge on any atom is -0.353 e. The van der Waals surface area contributed by atoms with E-state index < -0.39 is 0 Å². The summed E-state index contributed by atoms with van der Waals surface area (Å²) >= 11 is 0. The van der Waals surface area contributed by atoms with Crippen molar-refractivity contribution in [2.45, 2.75) is 0 Å². The number of aromatic nitrogens is 1. The van der Waals surface area contributed by atoms with Gasteiger partial charge in [0, 0.05) is 22.0 Å². The first-order chi connectivity index (χ1) is 9.33. The molecule has 1 heterocycles. The first kappa shape index (κ1) is 11.3. The summed E-state index contributed by atoms with van der Waals surface area (Å²) in [5, 5.41) is 7.35. The zero-order valence-corrected chi connectivity index (χ0v) is 9.94. The number of H-pyrrole nitrogens is 1. The van der Waals surface area contributed by atoms with Gasteiger partial charge >= 0.3 is 0 Å². The molecule has 0 aliphatic carbocycles. The lowest BCUT2D eigenvalue weighted by Crippen LogP contribution is -1.93. The molecule has 0 bridgehead atoms. The molecule has 5 nitrogen and oxygen atoms in total. The lowest BCUT2D eigenvalue weighted by Gasteiger charge is -1.99. The fourth-order valence-electron chi connectivity index (χ4n) is 2.27. The number of nitrogens with one attached hydrogen (secondary N) is 3. The molecule has 2 amide bonds. The Bertz CT molecular complexity index is 777. The van der Waals surface area contributed by atoms with Crippen LogP contribution < -0.4 is 10.6 Å². The quantitative estimate of drug-likeness (QED) is 0.625.